The molecule has 4 aromatic heterocycles. The number of benzene rings is 2. The summed E-state index contributed by atoms with van der Waals surface area (Å²) >= 11 is 0. The van der Waals surface area contributed by atoms with Crippen LogP contribution in [0.4, 0.5) is 10.1 Å². The molecule has 7 nitrogen and oxygen atoms in total. The van der Waals surface area contributed by atoms with Crippen LogP contribution in [0, 0.1) is 5.82 Å². The molecule has 1 atom stereocenters. The lowest BCUT2D eigenvalue weighted by atomic mass is 10.0. The second-order valence-electron chi connectivity index (χ2n) is 8.68. The van der Waals surface area contributed by atoms with Gasteiger partial charge in [0.15, 0.2) is 0 Å². The molecule has 0 aliphatic heterocycles. The number of hydrogen-bond acceptors (Lipinski definition) is 5. The highest BCUT2D eigenvalue weighted by atomic mass is 19.1. The van der Waals surface area contributed by atoms with E-state index in [1.165, 1.54) is 12.1 Å². The number of hydrogen-bond donors (Lipinski definition) is 4. The predicted molar refractivity (Wildman–Crippen MR) is 140 cm³/mol. The molecular formula is C28H23FN6O. The SMILES string of the molecule is CCC(O)Nc1cncc(-c2ccc3[nH]nc(-c4cc5c(-c6cccc(F)c6)nccc5[nH]4)c3c2)c1. The molecule has 1 unspecified atom stereocenters. The zero-order valence-corrected chi connectivity index (χ0v) is 19.5. The number of pyridine rings is 2. The van der Waals surface area contributed by atoms with Crippen LogP contribution in [0.1, 0.15) is 13.3 Å². The van der Waals surface area contributed by atoms with Gasteiger partial charge in [-0.05, 0) is 54.4 Å². The Labute approximate surface area is 206 Å². The van der Waals surface area contributed by atoms with Crippen LogP contribution >= 0.6 is 0 Å². The Morgan fingerprint density at radius 3 is 2.67 bits per heavy atom. The minimum absolute atomic E-state index is 0.300. The standard InChI is InChI=1S/C28H23FN6O/c1-2-26(36)32-20-11-18(14-30-15-20)16-6-7-24-21(12-16)28(35-34-24)25-13-22-23(33-25)8-9-31-27(22)17-4-3-5-19(29)10-17/h3-15,26,32-33,36H,2H2,1H3,(H,34,35). The Kier molecular flexibility index (Phi) is 5.42. The van der Waals surface area contributed by atoms with Gasteiger partial charge >= 0.3 is 0 Å². The molecule has 178 valence electrons. The smallest absolute Gasteiger partial charge is 0.124 e. The van der Waals surface area contributed by atoms with Crippen LogP contribution in [0.3, 0.4) is 0 Å². The van der Waals surface area contributed by atoms with Crippen LogP contribution in [0.5, 0.6) is 0 Å². The van der Waals surface area contributed by atoms with Crippen LogP contribution < -0.4 is 5.32 Å². The molecule has 0 fully saturated rings. The normalized spacial score (nSPS) is 12.3. The molecule has 4 N–H and O–H groups in total. The first-order chi connectivity index (χ1) is 17.6. The summed E-state index contributed by atoms with van der Waals surface area (Å²) < 4.78 is 13.9. The van der Waals surface area contributed by atoms with Crippen molar-refractivity contribution in [3.63, 3.8) is 0 Å². The van der Waals surface area contributed by atoms with E-state index in [9.17, 15) is 9.50 Å². The van der Waals surface area contributed by atoms with E-state index in [0.717, 1.165) is 55.6 Å². The molecule has 36 heavy (non-hydrogen) atoms. The van der Waals surface area contributed by atoms with Gasteiger partial charge < -0.3 is 15.4 Å². The molecule has 0 amide bonds. The summed E-state index contributed by atoms with van der Waals surface area (Å²) in [5.74, 6) is -0.300. The average molecular weight is 479 g/mol. The number of nitrogens with zero attached hydrogens (tertiary/aromatic N) is 3. The van der Waals surface area contributed by atoms with Gasteiger partial charge in [0, 0.05) is 39.8 Å². The number of aromatic amines is 2. The third-order valence-corrected chi connectivity index (χ3v) is 6.26. The molecule has 2 aromatic carbocycles. The molecule has 0 aliphatic carbocycles. The topological polar surface area (TPSA) is 103 Å². The first kappa shape index (κ1) is 21.9. The summed E-state index contributed by atoms with van der Waals surface area (Å²) in [6.45, 7) is 1.91. The molecule has 8 heteroatoms. The van der Waals surface area contributed by atoms with E-state index in [-0.39, 0.29) is 5.82 Å². The molecule has 0 aliphatic rings. The van der Waals surface area contributed by atoms with E-state index in [2.05, 4.69) is 36.5 Å². The van der Waals surface area contributed by atoms with Crippen molar-refractivity contribution < 1.29 is 9.50 Å². The average Bonchev–Trinajstić information content (AvgIpc) is 3.52. The highest BCUT2D eigenvalue weighted by Gasteiger charge is 2.15. The quantitative estimate of drug-likeness (QED) is 0.216. The van der Waals surface area contributed by atoms with Crippen molar-refractivity contribution in [1.82, 2.24) is 25.1 Å². The first-order valence-electron chi connectivity index (χ1n) is 11.7. The van der Waals surface area contributed by atoms with Crippen LogP contribution in [0.15, 0.2) is 79.3 Å². The lowest BCUT2D eigenvalue weighted by Gasteiger charge is -2.12. The zero-order valence-electron chi connectivity index (χ0n) is 19.5. The van der Waals surface area contributed by atoms with Gasteiger partial charge in [-0.2, -0.15) is 5.10 Å². The summed E-state index contributed by atoms with van der Waals surface area (Å²) in [4.78, 5) is 12.3. The van der Waals surface area contributed by atoms with Crippen molar-refractivity contribution in [2.75, 3.05) is 5.32 Å². The molecule has 6 rings (SSSR count). The number of halogens is 1. The number of aliphatic hydroxyl groups is 1. The third-order valence-electron chi connectivity index (χ3n) is 6.26. The predicted octanol–water partition coefficient (Wildman–Crippen LogP) is 6.11. The Bertz CT molecular complexity index is 1710. The van der Waals surface area contributed by atoms with Crippen molar-refractivity contribution in [3.8, 4) is 33.8 Å². The Morgan fingerprint density at radius 1 is 0.917 bits per heavy atom. The van der Waals surface area contributed by atoms with E-state index >= 15 is 0 Å². The molecule has 4 heterocycles. The van der Waals surface area contributed by atoms with Crippen LogP contribution in [0.2, 0.25) is 0 Å². The largest absolute Gasteiger partial charge is 0.374 e. The molecule has 0 saturated carbocycles. The Balaban J connectivity index is 1.43. The van der Waals surface area contributed by atoms with Crippen molar-refractivity contribution in [1.29, 1.82) is 0 Å². The van der Waals surface area contributed by atoms with E-state index in [4.69, 9.17) is 0 Å². The lowest BCUT2D eigenvalue weighted by molar-refractivity contribution is 0.199. The molecule has 0 bridgehead atoms. The zero-order chi connectivity index (χ0) is 24.6. The number of rotatable bonds is 6. The van der Waals surface area contributed by atoms with Crippen molar-refractivity contribution in [2.24, 2.45) is 0 Å². The van der Waals surface area contributed by atoms with Gasteiger partial charge in [0.25, 0.3) is 0 Å². The minimum Gasteiger partial charge on any atom is -0.374 e. The lowest BCUT2D eigenvalue weighted by Crippen LogP contribution is -2.16. The van der Waals surface area contributed by atoms with Crippen molar-refractivity contribution in [2.45, 2.75) is 19.6 Å². The number of aliphatic hydroxyl groups excluding tert-OH is 1. The number of aromatic nitrogens is 5. The maximum Gasteiger partial charge on any atom is 0.124 e. The van der Waals surface area contributed by atoms with Gasteiger partial charge in [0.2, 0.25) is 0 Å². The number of anilines is 1. The summed E-state index contributed by atoms with van der Waals surface area (Å²) in [6, 6.07) is 18.4. The number of nitrogens with one attached hydrogen (secondary N) is 3. The van der Waals surface area contributed by atoms with Crippen molar-refractivity contribution in [3.05, 3.63) is 85.1 Å². The molecule has 0 radical (unpaired) electrons. The summed E-state index contributed by atoms with van der Waals surface area (Å²) in [5.41, 5.74) is 7.48. The van der Waals surface area contributed by atoms with Crippen LogP contribution in [-0.2, 0) is 0 Å². The first-order valence-corrected chi connectivity index (χ1v) is 11.7. The van der Waals surface area contributed by atoms with Gasteiger partial charge in [-0.25, -0.2) is 4.39 Å². The van der Waals surface area contributed by atoms with Crippen LogP contribution in [0.25, 0.3) is 55.6 Å². The Hall–Kier alpha value is -4.56. The molecule has 6 aromatic rings. The number of H-pyrrole nitrogens is 2. The van der Waals surface area contributed by atoms with Gasteiger partial charge in [0.1, 0.15) is 17.7 Å². The molecule has 0 saturated heterocycles. The molecular weight excluding hydrogens is 455 g/mol. The summed E-state index contributed by atoms with van der Waals surface area (Å²) in [5, 5.41) is 22.5. The van der Waals surface area contributed by atoms with Gasteiger partial charge in [-0.3, -0.25) is 15.1 Å². The van der Waals surface area contributed by atoms with E-state index < -0.39 is 6.23 Å². The highest BCUT2D eigenvalue weighted by Crippen LogP contribution is 2.34. The van der Waals surface area contributed by atoms with Gasteiger partial charge in [0.05, 0.1) is 28.8 Å². The van der Waals surface area contributed by atoms with Gasteiger partial charge in [-0.15, -0.1) is 0 Å². The molecule has 0 spiro atoms. The van der Waals surface area contributed by atoms with E-state index in [1.54, 1.807) is 24.7 Å². The van der Waals surface area contributed by atoms with Crippen LogP contribution in [-0.4, -0.2) is 36.5 Å². The van der Waals surface area contributed by atoms with Crippen molar-refractivity contribution >= 4 is 27.5 Å². The Morgan fingerprint density at radius 2 is 1.81 bits per heavy atom. The van der Waals surface area contributed by atoms with E-state index in [1.807, 2.05) is 43.3 Å². The highest BCUT2D eigenvalue weighted by molar-refractivity contribution is 6.00. The monoisotopic (exact) mass is 478 g/mol. The second kappa shape index (κ2) is 8.90. The fourth-order valence-electron chi connectivity index (χ4n) is 4.42. The van der Waals surface area contributed by atoms with E-state index in [0.29, 0.717) is 12.1 Å². The number of fused-ring (bicyclic) bond motifs is 2. The fraction of sp³-hybridized carbons (Fsp3) is 0.107. The fourth-order valence-corrected chi connectivity index (χ4v) is 4.42. The second-order valence-corrected chi connectivity index (χ2v) is 8.68. The van der Waals surface area contributed by atoms with Gasteiger partial charge in [-0.1, -0.05) is 25.1 Å². The summed E-state index contributed by atoms with van der Waals surface area (Å²) in [7, 11) is 0. The summed E-state index contributed by atoms with van der Waals surface area (Å²) in [6.07, 6.45) is 5.17. The maximum atomic E-state index is 13.9. The third kappa shape index (κ3) is 3.97. The maximum absolute atomic E-state index is 13.9. The minimum atomic E-state index is -0.626.